The number of rotatable bonds is 7. The van der Waals surface area contributed by atoms with Gasteiger partial charge in [-0.2, -0.15) is 13.2 Å². The molecular formula is C29H22F3NO3. The van der Waals surface area contributed by atoms with Crippen molar-refractivity contribution in [2.24, 2.45) is 0 Å². The Morgan fingerprint density at radius 1 is 0.722 bits per heavy atom. The molecule has 4 rings (SSSR count). The summed E-state index contributed by atoms with van der Waals surface area (Å²) in [7, 11) is 0. The molecule has 4 nitrogen and oxygen atoms in total. The minimum atomic E-state index is -4.45. The molecule has 36 heavy (non-hydrogen) atoms. The van der Waals surface area contributed by atoms with Gasteiger partial charge in [0.25, 0.3) is 5.91 Å². The minimum absolute atomic E-state index is 0.0957. The van der Waals surface area contributed by atoms with Crippen LogP contribution < -0.4 is 5.32 Å². The lowest BCUT2D eigenvalue weighted by molar-refractivity contribution is -0.139. The van der Waals surface area contributed by atoms with Gasteiger partial charge < -0.3 is 10.4 Å². The summed E-state index contributed by atoms with van der Waals surface area (Å²) in [5.41, 5.74) is 3.10. The van der Waals surface area contributed by atoms with Gasteiger partial charge in [-0.3, -0.25) is 4.79 Å². The van der Waals surface area contributed by atoms with Crippen molar-refractivity contribution in [3.8, 4) is 22.3 Å². The topological polar surface area (TPSA) is 66.4 Å². The molecule has 0 unspecified atom stereocenters. The molecule has 0 saturated carbocycles. The van der Waals surface area contributed by atoms with Crippen molar-refractivity contribution in [1.29, 1.82) is 0 Å². The van der Waals surface area contributed by atoms with Crippen molar-refractivity contribution in [2.75, 3.05) is 0 Å². The van der Waals surface area contributed by atoms with E-state index in [2.05, 4.69) is 5.32 Å². The lowest BCUT2D eigenvalue weighted by atomic mass is 10.00. The Labute approximate surface area is 206 Å². The number of hydrogen-bond donors (Lipinski definition) is 2. The van der Waals surface area contributed by atoms with Gasteiger partial charge in [-0.1, -0.05) is 78.9 Å². The number of amides is 1. The SMILES string of the molecule is O=C(N[C@@H](Cc1ccc(-c2ccccc2)cc1)C(=O)O)c1ccc(-c2cccc(C(F)(F)F)c2)cc1. The van der Waals surface area contributed by atoms with Gasteiger partial charge in [-0.25, -0.2) is 4.79 Å². The third-order valence-corrected chi connectivity index (χ3v) is 5.77. The van der Waals surface area contributed by atoms with Crippen LogP contribution in [0.3, 0.4) is 0 Å². The fourth-order valence-electron chi connectivity index (χ4n) is 3.83. The predicted molar refractivity (Wildman–Crippen MR) is 131 cm³/mol. The van der Waals surface area contributed by atoms with E-state index in [1.54, 1.807) is 6.07 Å². The molecule has 182 valence electrons. The summed E-state index contributed by atoms with van der Waals surface area (Å²) in [6.45, 7) is 0. The summed E-state index contributed by atoms with van der Waals surface area (Å²) in [4.78, 5) is 24.5. The average Bonchev–Trinajstić information content (AvgIpc) is 2.89. The second kappa shape index (κ2) is 10.5. The van der Waals surface area contributed by atoms with Gasteiger partial charge in [0.2, 0.25) is 0 Å². The normalized spacial score (nSPS) is 12.1. The molecule has 4 aromatic carbocycles. The Bertz CT molecular complexity index is 1350. The summed E-state index contributed by atoms with van der Waals surface area (Å²) < 4.78 is 39.0. The second-order valence-electron chi connectivity index (χ2n) is 8.29. The van der Waals surface area contributed by atoms with E-state index < -0.39 is 29.7 Å². The van der Waals surface area contributed by atoms with Crippen LogP contribution in [0.2, 0.25) is 0 Å². The number of hydrogen-bond acceptors (Lipinski definition) is 2. The summed E-state index contributed by atoms with van der Waals surface area (Å²) >= 11 is 0. The number of carbonyl (C=O) groups is 2. The van der Waals surface area contributed by atoms with Crippen molar-refractivity contribution < 1.29 is 27.9 Å². The lowest BCUT2D eigenvalue weighted by Crippen LogP contribution is -2.42. The Hall–Kier alpha value is -4.39. The van der Waals surface area contributed by atoms with Crippen LogP contribution in [0, 0.1) is 0 Å². The molecule has 1 amide bonds. The number of carboxylic acids is 1. The number of aliphatic carboxylic acids is 1. The fourth-order valence-corrected chi connectivity index (χ4v) is 3.83. The Morgan fingerprint density at radius 3 is 1.89 bits per heavy atom. The zero-order valence-electron chi connectivity index (χ0n) is 19.0. The molecule has 7 heteroatoms. The van der Waals surface area contributed by atoms with E-state index in [9.17, 15) is 27.9 Å². The number of alkyl halides is 3. The second-order valence-corrected chi connectivity index (χ2v) is 8.29. The molecule has 0 bridgehead atoms. The highest BCUT2D eigenvalue weighted by Crippen LogP contribution is 2.32. The first kappa shape index (κ1) is 24.7. The van der Waals surface area contributed by atoms with Crippen LogP contribution in [0.25, 0.3) is 22.3 Å². The van der Waals surface area contributed by atoms with Gasteiger partial charge in [0, 0.05) is 12.0 Å². The van der Waals surface area contributed by atoms with Crippen molar-refractivity contribution in [2.45, 2.75) is 18.6 Å². The van der Waals surface area contributed by atoms with E-state index in [-0.39, 0.29) is 12.0 Å². The fraction of sp³-hybridized carbons (Fsp3) is 0.103. The molecule has 4 aromatic rings. The number of carboxylic acid groups (broad SMARTS) is 1. The molecule has 0 aliphatic rings. The molecular weight excluding hydrogens is 467 g/mol. The highest BCUT2D eigenvalue weighted by atomic mass is 19.4. The van der Waals surface area contributed by atoms with Crippen LogP contribution in [-0.4, -0.2) is 23.0 Å². The van der Waals surface area contributed by atoms with E-state index in [1.807, 2.05) is 54.6 Å². The van der Waals surface area contributed by atoms with Gasteiger partial charge in [0.1, 0.15) is 6.04 Å². The molecule has 0 aliphatic carbocycles. The average molecular weight is 489 g/mol. The minimum Gasteiger partial charge on any atom is -0.480 e. The van der Waals surface area contributed by atoms with Crippen LogP contribution >= 0.6 is 0 Å². The van der Waals surface area contributed by atoms with E-state index in [0.717, 1.165) is 28.8 Å². The predicted octanol–water partition coefficient (Wildman–Crippen LogP) is 6.47. The van der Waals surface area contributed by atoms with Gasteiger partial charge in [0.05, 0.1) is 5.56 Å². The first-order valence-corrected chi connectivity index (χ1v) is 11.2. The highest BCUT2D eigenvalue weighted by Gasteiger charge is 2.30. The molecule has 0 saturated heterocycles. The van der Waals surface area contributed by atoms with Gasteiger partial charge in [-0.15, -0.1) is 0 Å². The maximum Gasteiger partial charge on any atom is 0.416 e. The van der Waals surface area contributed by atoms with Crippen molar-refractivity contribution in [1.82, 2.24) is 5.32 Å². The molecule has 0 radical (unpaired) electrons. The third-order valence-electron chi connectivity index (χ3n) is 5.77. The van der Waals surface area contributed by atoms with E-state index in [1.165, 1.54) is 30.3 Å². The summed E-state index contributed by atoms with van der Waals surface area (Å²) in [6.07, 6.45) is -4.36. The van der Waals surface area contributed by atoms with Crippen molar-refractivity contribution in [3.63, 3.8) is 0 Å². The summed E-state index contributed by atoms with van der Waals surface area (Å²) in [6, 6.07) is 26.9. The first-order chi connectivity index (χ1) is 17.2. The van der Waals surface area contributed by atoms with E-state index in [0.29, 0.717) is 11.1 Å². The Morgan fingerprint density at radius 2 is 1.28 bits per heavy atom. The van der Waals surface area contributed by atoms with Crippen LogP contribution in [0.5, 0.6) is 0 Å². The maximum atomic E-state index is 13.0. The van der Waals surface area contributed by atoms with Gasteiger partial charge >= 0.3 is 12.1 Å². The smallest absolute Gasteiger partial charge is 0.416 e. The van der Waals surface area contributed by atoms with Crippen LogP contribution in [-0.2, 0) is 17.4 Å². The van der Waals surface area contributed by atoms with Crippen LogP contribution in [0.15, 0.2) is 103 Å². The standard InChI is InChI=1S/C29H22F3NO3/c30-29(31,32)25-8-4-7-24(18-25)22-13-15-23(16-14-22)27(34)33-26(28(35)36)17-19-9-11-21(12-10-19)20-5-2-1-3-6-20/h1-16,18,26H,17H2,(H,33,34)(H,35,36)/t26-/m0/s1. The zero-order valence-corrected chi connectivity index (χ0v) is 19.0. The molecule has 0 heterocycles. The molecule has 1 atom stereocenters. The van der Waals surface area contributed by atoms with Crippen molar-refractivity contribution >= 4 is 11.9 Å². The zero-order chi connectivity index (χ0) is 25.7. The van der Waals surface area contributed by atoms with Gasteiger partial charge in [-0.05, 0) is 52.1 Å². The maximum absolute atomic E-state index is 13.0. The van der Waals surface area contributed by atoms with Crippen LogP contribution in [0.4, 0.5) is 13.2 Å². The number of benzene rings is 4. The Kier molecular flexibility index (Phi) is 7.20. The molecule has 0 aliphatic heterocycles. The molecule has 0 aromatic heterocycles. The first-order valence-electron chi connectivity index (χ1n) is 11.2. The third kappa shape index (κ3) is 5.99. The van der Waals surface area contributed by atoms with E-state index >= 15 is 0 Å². The van der Waals surface area contributed by atoms with Gasteiger partial charge in [0.15, 0.2) is 0 Å². The summed E-state index contributed by atoms with van der Waals surface area (Å²) in [5.74, 6) is -1.75. The van der Waals surface area contributed by atoms with Crippen LogP contribution in [0.1, 0.15) is 21.5 Å². The molecule has 0 spiro atoms. The van der Waals surface area contributed by atoms with E-state index in [4.69, 9.17) is 0 Å². The summed E-state index contributed by atoms with van der Waals surface area (Å²) in [5, 5.41) is 12.2. The van der Waals surface area contributed by atoms with Crippen molar-refractivity contribution in [3.05, 3.63) is 120 Å². The number of halogens is 3. The molecule has 2 N–H and O–H groups in total. The quantitative estimate of drug-likeness (QED) is 0.313. The largest absolute Gasteiger partial charge is 0.480 e. The lowest BCUT2D eigenvalue weighted by Gasteiger charge is -2.15. The highest BCUT2D eigenvalue weighted by molar-refractivity contribution is 5.97. The Balaban J connectivity index is 1.44. The monoisotopic (exact) mass is 489 g/mol. The number of carbonyl (C=O) groups excluding carboxylic acids is 1. The molecule has 0 fully saturated rings. The number of nitrogens with one attached hydrogen (secondary N) is 1.